The molecule has 1 heterocycles. The van der Waals surface area contributed by atoms with Crippen molar-refractivity contribution in [2.75, 3.05) is 0 Å². The Bertz CT molecular complexity index is 543. The number of rotatable bonds is 5. The third-order valence-corrected chi connectivity index (χ3v) is 2.26. The molecule has 0 atom stereocenters. The standard InChI is InChI=1S/C12H11F2N3O2/c13-11(14)7-17-15-6-10(16-17)12(18)19-8-9-4-2-1-3-5-9/h1-6,11H,7-8H2. The zero-order chi connectivity index (χ0) is 13.7. The first-order valence-electron chi connectivity index (χ1n) is 5.54. The lowest BCUT2D eigenvalue weighted by molar-refractivity contribution is 0.0462. The first kappa shape index (κ1) is 13.1. The average molecular weight is 267 g/mol. The number of alkyl halides is 2. The summed E-state index contributed by atoms with van der Waals surface area (Å²) in [5, 5.41) is 7.17. The van der Waals surface area contributed by atoms with Crippen LogP contribution in [0.2, 0.25) is 0 Å². The molecule has 0 unspecified atom stereocenters. The van der Waals surface area contributed by atoms with Crippen molar-refractivity contribution in [1.29, 1.82) is 0 Å². The van der Waals surface area contributed by atoms with Crippen LogP contribution in [0.3, 0.4) is 0 Å². The van der Waals surface area contributed by atoms with Crippen molar-refractivity contribution < 1.29 is 18.3 Å². The molecule has 19 heavy (non-hydrogen) atoms. The molecule has 5 nitrogen and oxygen atoms in total. The number of esters is 1. The van der Waals surface area contributed by atoms with Crippen LogP contribution in [0.4, 0.5) is 8.78 Å². The highest BCUT2D eigenvalue weighted by molar-refractivity contribution is 5.86. The lowest BCUT2D eigenvalue weighted by atomic mass is 10.2. The third kappa shape index (κ3) is 3.84. The Hall–Kier alpha value is -2.31. The van der Waals surface area contributed by atoms with Crippen LogP contribution in [-0.2, 0) is 17.9 Å². The van der Waals surface area contributed by atoms with Gasteiger partial charge in [0.25, 0.3) is 6.43 Å². The second-order valence-corrected chi connectivity index (χ2v) is 3.74. The van der Waals surface area contributed by atoms with Crippen LogP contribution in [0.25, 0.3) is 0 Å². The van der Waals surface area contributed by atoms with Gasteiger partial charge in [0.1, 0.15) is 13.2 Å². The van der Waals surface area contributed by atoms with Gasteiger partial charge in [-0.2, -0.15) is 9.90 Å². The number of carbonyl (C=O) groups is 1. The fourth-order valence-electron chi connectivity index (χ4n) is 1.40. The molecule has 2 rings (SSSR count). The fourth-order valence-corrected chi connectivity index (χ4v) is 1.40. The van der Waals surface area contributed by atoms with Crippen molar-refractivity contribution >= 4 is 5.97 Å². The summed E-state index contributed by atoms with van der Waals surface area (Å²) in [6.07, 6.45) is -1.46. The number of ether oxygens (including phenoxy) is 1. The Morgan fingerprint density at radius 1 is 1.32 bits per heavy atom. The summed E-state index contributed by atoms with van der Waals surface area (Å²) in [6, 6.07) is 9.10. The number of benzene rings is 1. The van der Waals surface area contributed by atoms with Crippen LogP contribution in [0, 0.1) is 0 Å². The van der Waals surface area contributed by atoms with E-state index in [9.17, 15) is 13.6 Å². The summed E-state index contributed by atoms with van der Waals surface area (Å²) < 4.78 is 29.2. The summed E-state index contributed by atoms with van der Waals surface area (Å²) >= 11 is 0. The summed E-state index contributed by atoms with van der Waals surface area (Å²) in [5.74, 6) is -0.690. The minimum Gasteiger partial charge on any atom is -0.456 e. The largest absolute Gasteiger partial charge is 0.456 e. The van der Waals surface area contributed by atoms with E-state index in [1.165, 1.54) is 0 Å². The normalized spacial score (nSPS) is 10.7. The molecular weight excluding hydrogens is 256 g/mol. The molecule has 0 spiro atoms. The maximum atomic E-state index is 12.1. The lowest BCUT2D eigenvalue weighted by Gasteiger charge is -2.02. The van der Waals surface area contributed by atoms with Gasteiger partial charge >= 0.3 is 5.97 Å². The number of nitrogens with zero attached hydrogens (tertiary/aromatic N) is 3. The van der Waals surface area contributed by atoms with E-state index >= 15 is 0 Å². The Labute approximate surface area is 107 Å². The second kappa shape index (κ2) is 6.03. The van der Waals surface area contributed by atoms with Crippen molar-refractivity contribution in [1.82, 2.24) is 15.0 Å². The number of halogens is 2. The van der Waals surface area contributed by atoms with Crippen LogP contribution in [0.5, 0.6) is 0 Å². The van der Waals surface area contributed by atoms with Gasteiger partial charge in [-0.15, -0.1) is 5.10 Å². The minimum absolute atomic E-state index is 0.0865. The van der Waals surface area contributed by atoms with Gasteiger partial charge in [0.05, 0.1) is 6.20 Å². The van der Waals surface area contributed by atoms with Crippen LogP contribution >= 0.6 is 0 Å². The van der Waals surface area contributed by atoms with Crippen LogP contribution in [0.1, 0.15) is 16.1 Å². The Kier molecular flexibility index (Phi) is 4.17. The van der Waals surface area contributed by atoms with Crippen LogP contribution < -0.4 is 0 Å². The fraction of sp³-hybridized carbons (Fsp3) is 0.250. The topological polar surface area (TPSA) is 57.0 Å². The molecule has 0 radical (unpaired) electrons. The Morgan fingerprint density at radius 3 is 2.74 bits per heavy atom. The van der Waals surface area contributed by atoms with Crippen molar-refractivity contribution in [3.8, 4) is 0 Å². The van der Waals surface area contributed by atoms with Gasteiger partial charge in [-0.1, -0.05) is 30.3 Å². The van der Waals surface area contributed by atoms with Gasteiger partial charge in [-0.25, -0.2) is 13.6 Å². The van der Waals surface area contributed by atoms with E-state index in [0.717, 1.165) is 16.6 Å². The monoisotopic (exact) mass is 267 g/mol. The zero-order valence-corrected chi connectivity index (χ0v) is 9.87. The summed E-state index contributed by atoms with van der Waals surface area (Å²) in [4.78, 5) is 12.4. The molecule has 0 aliphatic rings. The van der Waals surface area contributed by atoms with Gasteiger partial charge in [0, 0.05) is 0 Å². The average Bonchev–Trinajstić information content (AvgIpc) is 2.85. The number of hydrogen-bond acceptors (Lipinski definition) is 4. The molecule has 0 amide bonds. The van der Waals surface area contributed by atoms with Gasteiger partial charge in [0.2, 0.25) is 0 Å². The van der Waals surface area contributed by atoms with Crippen molar-refractivity contribution in [2.45, 2.75) is 19.6 Å². The molecule has 1 aromatic carbocycles. The Balaban J connectivity index is 1.91. The van der Waals surface area contributed by atoms with E-state index in [-0.39, 0.29) is 12.3 Å². The number of aromatic nitrogens is 3. The maximum absolute atomic E-state index is 12.1. The molecule has 0 bridgehead atoms. The van der Waals surface area contributed by atoms with E-state index in [1.807, 2.05) is 18.2 Å². The van der Waals surface area contributed by atoms with Crippen LogP contribution in [0.15, 0.2) is 36.5 Å². The van der Waals surface area contributed by atoms with E-state index in [4.69, 9.17) is 4.74 Å². The van der Waals surface area contributed by atoms with Gasteiger partial charge < -0.3 is 4.74 Å². The van der Waals surface area contributed by atoms with Crippen molar-refractivity contribution in [2.24, 2.45) is 0 Å². The molecule has 0 N–H and O–H groups in total. The highest BCUT2D eigenvalue weighted by Gasteiger charge is 2.14. The zero-order valence-electron chi connectivity index (χ0n) is 9.87. The van der Waals surface area contributed by atoms with Crippen molar-refractivity contribution in [3.63, 3.8) is 0 Å². The molecule has 0 fully saturated rings. The predicted molar refractivity (Wildman–Crippen MR) is 61.6 cm³/mol. The van der Waals surface area contributed by atoms with E-state index < -0.39 is 18.9 Å². The second-order valence-electron chi connectivity index (χ2n) is 3.74. The van der Waals surface area contributed by atoms with E-state index in [2.05, 4.69) is 10.2 Å². The third-order valence-electron chi connectivity index (χ3n) is 2.26. The van der Waals surface area contributed by atoms with Gasteiger partial charge in [-0.05, 0) is 5.56 Å². The molecule has 0 aliphatic heterocycles. The molecule has 7 heteroatoms. The quantitative estimate of drug-likeness (QED) is 0.776. The highest BCUT2D eigenvalue weighted by atomic mass is 19.3. The summed E-state index contributed by atoms with van der Waals surface area (Å²) in [7, 11) is 0. The van der Waals surface area contributed by atoms with Gasteiger partial charge in [-0.3, -0.25) is 0 Å². The van der Waals surface area contributed by atoms with E-state index in [1.54, 1.807) is 12.1 Å². The summed E-state index contributed by atoms with van der Waals surface area (Å²) in [6.45, 7) is -0.548. The summed E-state index contributed by atoms with van der Waals surface area (Å²) in [5.41, 5.74) is 0.743. The predicted octanol–water partition coefficient (Wildman–Crippen LogP) is 1.90. The van der Waals surface area contributed by atoms with E-state index in [0.29, 0.717) is 0 Å². The first-order valence-corrected chi connectivity index (χ1v) is 5.54. The molecule has 0 saturated carbocycles. The molecule has 0 aliphatic carbocycles. The van der Waals surface area contributed by atoms with Gasteiger partial charge in [0.15, 0.2) is 5.69 Å². The smallest absolute Gasteiger partial charge is 0.360 e. The molecule has 1 aromatic heterocycles. The first-order chi connectivity index (χ1) is 9.15. The molecule has 2 aromatic rings. The molecular formula is C12H11F2N3O2. The lowest BCUT2D eigenvalue weighted by Crippen LogP contribution is -2.11. The number of hydrogen-bond donors (Lipinski definition) is 0. The highest BCUT2D eigenvalue weighted by Crippen LogP contribution is 2.04. The molecule has 0 saturated heterocycles. The maximum Gasteiger partial charge on any atom is 0.360 e. The minimum atomic E-state index is -2.57. The number of carbonyl (C=O) groups excluding carboxylic acids is 1. The Morgan fingerprint density at radius 2 is 2.05 bits per heavy atom. The molecule has 100 valence electrons. The SMILES string of the molecule is O=C(OCc1ccccc1)c1cnn(CC(F)F)n1. The van der Waals surface area contributed by atoms with Crippen molar-refractivity contribution in [3.05, 3.63) is 47.8 Å². The van der Waals surface area contributed by atoms with Crippen LogP contribution in [-0.4, -0.2) is 27.4 Å².